The van der Waals surface area contributed by atoms with Crippen molar-refractivity contribution in [3.8, 4) is 0 Å². The highest BCUT2D eigenvalue weighted by atomic mass is 32.1. The summed E-state index contributed by atoms with van der Waals surface area (Å²) >= 11 is 1.60. The summed E-state index contributed by atoms with van der Waals surface area (Å²) in [5.41, 5.74) is 7.62. The highest BCUT2D eigenvalue weighted by molar-refractivity contribution is 7.19. The predicted molar refractivity (Wildman–Crippen MR) is 151 cm³/mol. The van der Waals surface area contributed by atoms with E-state index in [9.17, 15) is 19.2 Å². The molecule has 9 nitrogen and oxygen atoms in total. The number of nitrogens with two attached hydrogens (primary N) is 1. The maximum atomic E-state index is 13.2. The number of rotatable bonds is 10. The number of carbonyl (C=O) groups is 4. The molecule has 2 amide bonds. The van der Waals surface area contributed by atoms with Gasteiger partial charge in [-0.05, 0) is 62.2 Å². The normalized spacial score (nSPS) is 18.1. The maximum absolute atomic E-state index is 13.2. The van der Waals surface area contributed by atoms with E-state index in [0.717, 1.165) is 33.6 Å². The van der Waals surface area contributed by atoms with Gasteiger partial charge in [0.05, 0.1) is 22.1 Å². The zero-order valence-corrected chi connectivity index (χ0v) is 22.5. The van der Waals surface area contributed by atoms with Crippen LogP contribution < -0.4 is 16.4 Å². The molecule has 1 aromatic heterocycles. The van der Waals surface area contributed by atoms with Crippen molar-refractivity contribution in [2.75, 3.05) is 12.4 Å². The number of hydrogen-bond acceptors (Lipinski definition) is 8. The van der Waals surface area contributed by atoms with E-state index in [1.807, 2.05) is 54.6 Å². The number of primary amides is 1. The number of ether oxygens (including phenoxy) is 1. The van der Waals surface area contributed by atoms with Gasteiger partial charge in [-0.1, -0.05) is 43.2 Å². The highest BCUT2D eigenvalue weighted by Gasteiger charge is 2.38. The molecule has 0 saturated heterocycles. The van der Waals surface area contributed by atoms with Crippen molar-refractivity contribution in [3.05, 3.63) is 59.1 Å². The quantitative estimate of drug-likeness (QED) is 0.256. The summed E-state index contributed by atoms with van der Waals surface area (Å²) in [6, 6.07) is 14.6. The zero-order chi connectivity index (χ0) is 27.8. The molecule has 0 bridgehead atoms. The average molecular weight is 549 g/mol. The third kappa shape index (κ3) is 7.58. The number of thiazole rings is 1. The molecule has 39 heavy (non-hydrogen) atoms. The molecule has 204 valence electrons. The Hall–Kier alpha value is -3.89. The minimum Gasteiger partial charge on any atom is -0.392 e. The van der Waals surface area contributed by atoms with Gasteiger partial charge in [0.1, 0.15) is 11.0 Å². The topological polar surface area (TPSA) is 140 Å². The Kier molecular flexibility index (Phi) is 9.56. The summed E-state index contributed by atoms with van der Waals surface area (Å²) in [6.07, 6.45) is 6.54. The van der Waals surface area contributed by atoms with Gasteiger partial charge >= 0.3 is 11.9 Å². The molecule has 1 fully saturated rings. The SMILES string of the molecule is CN[C@H](CCC(N)=O)C(=O)OC(=O)C1CCCCC1C(=O)Nc1cccc(C=Cc2nc3ccccc3s2)c1. The molecular weight excluding hydrogens is 516 g/mol. The largest absolute Gasteiger partial charge is 0.392 e. The molecule has 4 N–H and O–H groups in total. The number of likely N-dealkylation sites (N-methyl/N-ethyl adjacent to an activating group) is 1. The molecule has 3 aromatic rings. The first-order valence-corrected chi connectivity index (χ1v) is 13.8. The number of esters is 2. The Bertz CT molecular complexity index is 1350. The lowest BCUT2D eigenvalue weighted by Gasteiger charge is -2.29. The molecule has 2 unspecified atom stereocenters. The predicted octanol–water partition coefficient (Wildman–Crippen LogP) is 4.13. The van der Waals surface area contributed by atoms with Gasteiger partial charge in [-0.25, -0.2) is 9.78 Å². The molecule has 1 aliphatic carbocycles. The second kappa shape index (κ2) is 13.3. The number of amides is 2. The molecule has 1 heterocycles. The van der Waals surface area contributed by atoms with Gasteiger partial charge < -0.3 is 21.1 Å². The summed E-state index contributed by atoms with van der Waals surface area (Å²) in [6.45, 7) is 0. The Morgan fingerprint density at radius 1 is 1.08 bits per heavy atom. The van der Waals surface area contributed by atoms with Crippen LogP contribution in [0.25, 0.3) is 22.4 Å². The van der Waals surface area contributed by atoms with E-state index in [0.29, 0.717) is 18.5 Å². The monoisotopic (exact) mass is 548 g/mol. The van der Waals surface area contributed by atoms with Crippen LogP contribution in [0.2, 0.25) is 0 Å². The summed E-state index contributed by atoms with van der Waals surface area (Å²) in [4.78, 5) is 54.3. The Balaban J connectivity index is 1.39. The van der Waals surface area contributed by atoms with Gasteiger partial charge in [-0.2, -0.15) is 0 Å². The summed E-state index contributed by atoms with van der Waals surface area (Å²) in [7, 11) is 1.54. The lowest BCUT2D eigenvalue weighted by Crippen LogP contribution is -2.42. The van der Waals surface area contributed by atoms with Crippen LogP contribution in [0.15, 0.2) is 48.5 Å². The van der Waals surface area contributed by atoms with Crippen LogP contribution in [0.1, 0.15) is 49.1 Å². The first kappa shape index (κ1) is 28.1. The average Bonchev–Trinajstić information content (AvgIpc) is 3.35. The van der Waals surface area contributed by atoms with Crippen molar-refractivity contribution >= 4 is 63.1 Å². The molecule has 0 aliphatic heterocycles. The van der Waals surface area contributed by atoms with Crippen LogP contribution in [0.5, 0.6) is 0 Å². The van der Waals surface area contributed by atoms with Crippen LogP contribution in [0.3, 0.4) is 0 Å². The van der Waals surface area contributed by atoms with Gasteiger partial charge in [-0.3, -0.25) is 14.4 Å². The smallest absolute Gasteiger partial charge is 0.330 e. The van der Waals surface area contributed by atoms with Crippen molar-refractivity contribution in [1.82, 2.24) is 10.3 Å². The molecular formula is C29H32N4O5S. The van der Waals surface area contributed by atoms with Gasteiger partial charge in [0, 0.05) is 12.1 Å². The van der Waals surface area contributed by atoms with Crippen molar-refractivity contribution in [2.45, 2.75) is 44.6 Å². The summed E-state index contributed by atoms with van der Waals surface area (Å²) in [5, 5.41) is 6.56. The van der Waals surface area contributed by atoms with E-state index in [-0.39, 0.29) is 18.7 Å². The van der Waals surface area contributed by atoms with Crippen LogP contribution in [-0.4, -0.2) is 41.8 Å². The minimum atomic E-state index is -0.837. The number of para-hydroxylation sites is 1. The van der Waals surface area contributed by atoms with E-state index < -0.39 is 35.7 Å². The zero-order valence-electron chi connectivity index (χ0n) is 21.7. The minimum absolute atomic E-state index is 0.0158. The van der Waals surface area contributed by atoms with Gasteiger partial charge in [0.25, 0.3) is 0 Å². The molecule has 4 rings (SSSR count). The summed E-state index contributed by atoms with van der Waals surface area (Å²) < 4.78 is 6.25. The van der Waals surface area contributed by atoms with Crippen LogP contribution >= 0.6 is 11.3 Å². The van der Waals surface area contributed by atoms with E-state index in [2.05, 4.69) is 15.6 Å². The third-order valence-corrected chi connectivity index (χ3v) is 7.80. The molecule has 1 aliphatic rings. The fourth-order valence-corrected chi connectivity index (χ4v) is 5.59. The number of nitrogens with one attached hydrogen (secondary N) is 2. The first-order valence-electron chi connectivity index (χ1n) is 13.0. The number of fused-ring (bicyclic) bond motifs is 1. The Labute approximate surface area is 230 Å². The number of nitrogens with zero attached hydrogens (tertiary/aromatic N) is 1. The number of hydrogen-bond donors (Lipinski definition) is 3. The number of benzene rings is 2. The van der Waals surface area contributed by atoms with Crippen LogP contribution in [-0.2, 0) is 23.9 Å². The second-order valence-electron chi connectivity index (χ2n) is 9.55. The molecule has 3 atom stereocenters. The van der Waals surface area contributed by atoms with E-state index >= 15 is 0 Å². The van der Waals surface area contributed by atoms with Crippen molar-refractivity contribution in [1.29, 1.82) is 0 Å². The summed E-state index contributed by atoms with van der Waals surface area (Å²) in [5.74, 6) is -3.66. The fraction of sp³-hybridized carbons (Fsp3) is 0.345. The molecule has 0 spiro atoms. The second-order valence-corrected chi connectivity index (χ2v) is 10.6. The molecule has 0 radical (unpaired) electrons. The van der Waals surface area contributed by atoms with Gasteiger partial charge in [0.2, 0.25) is 11.8 Å². The molecule has 10 heteroatoms. The Morgan fingerprint density at radius 3 is 2.59 bits per heavy atom. The fourth-order valence-electron chi connectivity index (χ4n) is 4.72. The van der Waals surface area contributed by atoms with E-state index in [1.54, 1.807) is 17.4 Å². The lowest BCUT2D eigenvalue weighted by molar-refractivity contribution is -0.167. The van der Waals surface area contributed by atoms with Crippen molar-refractivity contribution < 1.29 is 23.9 Å². The Morgan fingerprint density at radius 2 is 1.85 bits per heavy atom. The number of carbonyl (C=O) groups excluding carboxylic acids is 4. The maximum Gasteiger partial charge on any atom is 0.330 e. The van der Waals surface area contributed by atoms with E-state index in [1.165, 1.54) is 7.05 Å². The first-order chi connectivity index (χ1) is 18.8. The van der Waals surface area contributed by atoms with Crippen molar-refractivity contribution in [3.63, 3.8) is 0 Å². The van der Waals surface area contributed by atoms with Gasteiger partial charge in [0.15, 0.2) is 0 Å². The van der Waals surface area contributed by atoms with Crippen molar-refractivity contribution in [2.24, 2.45) is 17.6 Å². The van der Waals surface area contributed by atoms with Crippen LogP contribution in [0, 0.1) is 11.8 Å². The van der Waals surface area contributed by atoms with E-state index in [4.69, 9.17) is 10.5 Å². The number of anilines is 1. The lowest BCUT2D eigenvalue weighted by atomic mass is 9.78. The van der Waals surface area contributed by atoms with Gasteiger partial charge in [-0.15, -0.1) is 11.3 Å². The highest BCUT2D eigenvalue weighted by Crippen LogP contribution is 2.32. The molecule has 1 saturated carbocycles. The third-order valence-electron chi connectivity index (χ3n) is 6.80. The van der Waals surface area contributed by atoms with Crippen LogP contribution in [0.4, 0.5) is 5.69 Å². The molecule has 2 aromatic carbocycles. The number of aromatic nitrogens is 1. The standard InChI is InChI=1S/C29H32N4O5S/c1-31-23(14-15-25(30)34)29(37)38-28(36)21-10-3-2-9-20(21)27(35)32-19-8-6-7-18(17-19)13-16-26-33-22-11-4-5-12-24(22)39-26/h4-8,11-13,16-17,20-21,23,31H,2-3,9-10,14-15H2,1H3,(H2,30,34)(H,32,35)/t20?,21?,23-/m1/s1.